The number of rotatable bonds is 7. The first-order chi connectivity index (χ1) is 12.3. The lowest BCUT2D eigenvalue weighted by molar-refractivity contribution is -0.142. The number of para-hydroxylation sites is 3. The molecule has 0 bridgehead atoms. The standard InChI is InChI=1S/C19H21NO5/c21-19(18-14-22-10-11-25-18)20-16-8-4-5-9-17(16)24-13-12-23-15-6-2-1-3-7-15/h1-9,18H,10-14H2,(H,20,21). The SMILES string of the molecule is O=C(Nc1ccccc1OCCOc1ccccc1)C1COCCO1. The average Bonchev–Trinajstić information content (AvgIpc) is 2.68. The van der Waals surface area contributed by atoms with Crippen LogP contribution in [-0.2, 0) is 14.3 Å². The quantitative estimate of drug-likeness (QED) is 0.783. The van der Waals surface area contributed by atoms with Gasteiger partial charge in [0.15, 0.2) is 6.10 Å². The summed E-state index contributed by atoms with van der Waals surface area (Å²) in [6.45, 7) is 1.98. The molecule has 0 spiro atoms. The average molecular weight is 343 g/mol. The summed E-state index contributed by atoms with van der Waals surface area (Å²) in [4.78, 5) is 12.2. The van der Waals surface area contributed by atoms with Crippen LogP contribution in [0.5, 0.6) is 11.5 Å². The molecular weight excluding hydrogens is 322 g/mol. The summed E-state index contributed by atoms with van der Waals surface area (Å²) in [5, 5.41) is 2.83. The highest BCUT2D eigenvalue weighted by atomic mass is 16.6. The van der Waals surface area contributed by atoms with Crippen molar-refractivity contribution in [3.05, 3.63) is 54.6 Å². The topological polar surface area (TPSA) is 66.0 Å². The van der Waals surface area contributed by atoms with Crippen LogP contribution in [-0.4, -0.2) is 45.0 Å². The van der Waals surface area contributed by atoms with Crippen LogP contribution in [0.3, 0.4) is 0 Å². The number of carbonyl (C=O) groups excluding carboxylic acids is 1. The highest BCUT2D eigenvalue weighted by Gasteiger charge is 2.23. The van der Waals surface area contributed by atoms with E-state index in [4.69, 9.17) is 18.9 Å². The maximum absolute atomic E-state index is 12.2. The predicted molar refractivity (Wildman–Crippen MR) is 93.1 cm³/mol. The van der Waals surface area contributed by atoms with Gasteiger partial charge in [0.1, 0.15) is 24.7 Å². The van der Waals surface area contributed by atoms with Crippen molar-refractivity contribution in [2.75, 3.05) is 38.4 Å². The zero-order valence-corrected chi connectivity index (χ0v) is 13.9. The van der Waals surface area contributed by atoms with Crippen molar-refractivity contribution in [1.29, 1.82) is 0 Å². The molecule has 6 nitrogen and oxygen atoms in total. The Balaban J connectivity index is 1.50. The number of amides is 1. The monoisotopic (exact) mass is 343 g/mol. The van der Waals surface area contributed by atoms with Crippen molar-refractivity contribution in [1.82, 2.24) is 0 Å². The van der Waals surface area contributed by atoms with Crippen LogP contribution in [0.25, 0.3) is 0 Å². The molecule has 1 aliphatic rings. The van der Waals surface area contributed by atoms with Crippen LogP contribution in [0.1, 0.15) is 0 Å². The Bertz CT molecular complexity index is 671. The Morgan fingerprint density at radius 1 is 1.00 bits per heavy atom. The number of benzene rings is 2. The molecule has 1 amide bonds. The van der Waals surface area contributed by atoms with Crippen LogP contribution in [0, 0.1) is 0 Å². The van der Waals surface area contributed by atoms with E-state index in [9.17, 15) is 4.79 Å². The van der Waals surface area contributed by atoms with E-state index in [1.165, 1.54) is 0 Å². The van der Waals surface area contributed by atoms with E-state index in [0.717, 1.165) is 5.75 Å². The second-order valence-electron chi connectivity index (χ2n) is 5.43. The summed E-state index contributed by atoms with van der Waals surface area (Å²) >= 11 is 0. The smallest absolute Gasteiger partial charge is 0.256 e. The molecule has 132 valence electrons. The lowest BCUT2D eigenvalue weighted by atomic mass is 10.2. The third-order valence-corrected chi connectivity index (χ3v) is 3.61. The molecule has 1 atom stereocenters. The molecule has 6 heteroatoms. The minimum Gasteiger partial charge on any atom is -0.490 e. The lowest BCUT2D eigenvalue weighted by Crippen LogP contribution is -2.39. The molecule has 0 aromatic heterocycles. The van der Waals surface area contributed by atoms with Gasteiger partial charge < -0.3 is 24.3 Å². The first-order valence-electron chi connectivity index (χ1n) is 8.23. The van der Waals surface area contributed by atoms with Gasteiger partial charge in [-0.05, 0) is 24.3 Å². The van der Waals surface area contributed by atoms with Crippen molar-refractivity contribution in [2.45, 2.75) is 6.10 Å². The first kappa shape index (κ1) is 17.3. The molecule has 0 aliphatic carbocycles. The van der Waals surface area contributed by atoms with E-state index < -0.39 is 6.10 Å². The largest absolute Gasteiger partial charge is 0.490 e. The minimum atomic E-state index is -0.594. The van der Waals surface area contributed by atoms with Crippen molar-refractivity contribution in [3.63, 3.8) is 0 Å². The number of anilines is 1. The van der Waals surface area contributed by atoms with E-state index in [1.807, 2.05) is 42.5 Å². The summed E-state index contributed by atoms with van der Waals surface area (Å²) in [6.07, 6.45) is -0.594. The Morgan fingerprint density at radius 2 is 1.76 bits per heavy atom. The molecule has 3 rings (SSSR count). The van der Waals surface area contributed by atoms with Crippen molar-refractivity contribution < 1.29 is 23.7 Å². The number of nitrogens with one attached hydrogen (secondary N) is 1. The molecule has 25 heavy (non-hydrogen) atoms. The molecule has 0 saturated carbocycles. The zero-order chi connectivity index (χ0) is 17.3. The highest BCUT2D eigenvalue weighted by molar-refractivity contribution is 5.95. The molecule has 0 radical (unpaired) electrons. The number of hydrogen-bond acceptors (Lipinski definition) is 5. The van der Waals surface area contributed by atoms with Crippen LogP contribution >= 0.6 is 0 Å². The molecule has 2 aromatic rings. The van der Waals surface area contributed by atoms with Gasteiger partial charge in [0.2, 0.25) is 0 Å². The second-order valence-corrected chi connectivity index (χ2v) is 5.43. The Morgan fingerprint density at radius 3 is 2.56 bits per heavy atom. The van der Waals surface area contributed by atoms with Crippen LogP contribution in [0.2, 0.25) is 0 Å². The maximum atomic E-state index is 12.2. The molecule has 1 saturated heterocycles. The van der Waals surface area contributed by atoms with Crippen molar-refractivity contribution >= 4 is 11.6 Å². The lowest BCUT2D eigenvalue weighted by Gasteiger charge is -2.22. The third kappa shape index (κ3) is 5.20. The summed E-state index contributed by atoms with van der Waals surface area (Å²) in [5.41, 5.74) is 0.599. The highest BCUT2D eigenvalue weighted by Crippen LogP contribution is 2.24. The van der Waals surface area contributed by atoms with Gasteiger partial charge in [0.25, 0.3) is 5.91 Å². The Labute approximate surface area is 146 Å². The number of ether oxygens (including phenoxy) is 4. The maximum Gasteiger partial charge on any atom is 0.256 e. The summed E-state index contributed by atoms with van der Waals surface area (Å²) in [5.74, 6) is 1.14. The summed E-state index contributed by atoms with van der Waals surface area (Å²) in [7, 11) is 0. The van der Waals surface area contributed by atoms with Gasteiger partial charge in [-0.1, -0.05) is 30.3 Å². The Hall–Kier alpha value is -2.57. The summed E-state index contributed by atoms with van der Waals surface area (Å²) < 4.78 is 22.0. The Kier molecular flexibility index (Phi) is 6.25. The van der Waals surface area contributed by atoms with Crippen LogP contribution < -0.4 is 14.8 Å². The van der Waals surface area contributed by atoms with Crippen LogP contribution in [0.4, 0.5) is 5.69 Å². The van der Waals surface area contributed by atoms with Gasteiger partial charge in [0, 0.05) is 0 Å². The molecule has 1 heterocycles. The minimum absolute atomic E-state index is 0.240. The normalized spacial score (nSPS) is 16.9. The van der Waals surface area contributed by atoms with E-state index in [2.05, 4.69) is 5.32 Å². The van der Waals surface area contributed by atoms with Gasteiger partial charge >= 0.3 is 0 Å². The van der Waals surface area contributed by atoms with Crippen molar-refractivity contribution in [2.24, 2.45) is 0 Å². The predicted octanol–water partition coefficient (Wildman–Crippen LogP) is 2.50. The second kappa shape index (κ2) is 9.05. The van der Waals surface area contributed by atoms with Gasteiger partial charge in [-0.2, -0.15) is 0 Å². The zero-order valence-electron chi connectivity index (χ0n) is 13.9. The molecule has 1 N–H and O–H groups in total. The van der Waals surface area contributed by atoms with Gasteiger partial charge in [-0.15, -0.1) is 0 Å². The molecule has 1 aliphatic heterocycles. The van der Waals surface area contributed by atoms with Crippen LogP contribution in [0.15, 0.2) is 54.6 Å². The van der Waals surface area contributed by atoms with E-state index >= 15 is 0 Å². The van der Waals surface area contributed by atoms with E-state index in [-0.39, 0.29) is 12.5 Å². The molecule has 1 fully saturated rings. The van der Waals surface area contributed by atoms with Gasteiger partial charge in [-0.25, -0.2) is 0 Å². The number of carbonyl (C=O) groups is 1. The van der Waals surface area contributed by atoms with E-state index in [0.29, 0.717) is 37.9 Å². The van der Waals surface area contributed by atoms with Crippen molar-refractivity contribution in [3.8, 4) is 11.5 Å². The molecular formula is C19H21NO5. The van der Waals surface area contributed by atoms with Gasteiger partial charge in [-0.3, -0.25) is 4.79 Å². The first-order valence-corrected chi connectivity index (χ1v) is 8.23. The number of hydrogen-bond donors (Lipinski definition) is 1. The fourth-order valence-corrected chi connectivity index (χ4v) is 2.38. The fraction of sp³-hybridized carbons (Fsp3) is 0.316. The summed E-state index contributed by atoms with van der Waals surface area (Å²) in [6, 6.07) is 16.8. The fourth-order valence-electron chi connectivity index (χ4n) is 2.38. The van der Waals surface area contributed by atoms with Gasteiger partial charge in [0.05, 0.1) is 25.5 Å². The van der Waals surface area contributed by atoms with E-state index in [1.54, 1.807) is 12.1 Å². The molecule has 1 unspecified atom stereocenters. The third-order valence-electron chi connectivity index (χ3n) is 3.61. The molecule has 2 aromatic carbocycles.